The molecule has 1 amide bonds. The van der Waals surface area contributed by atoms with E-state index in [2.05, 4.69) is 5.32 Å². The maximum absolute atomic E-state index is 12.0. The molecule has 0 aromatic heterocycles. The summed E-state index contributed by atoms with van der Waals surface area (Å²) in [6.07, 6.45) is 5.65. The lowest BCUT2D eigenvalue weighted by atomic mass is 10.0. The van der Waals surface area contributed by atoms with Crippen LogP contribution in [-0.4, -0.2) is 47.7 Å². The molecule has 2 fully saturated rings. The van der Waals surface area contributed by atoms with Crippen molar-refractivity contribution in [2.75, 3.05) is 19.6 Å². The number of aliphatic hydroxyl groups is 1. The smallest absolute Gasteiger partial charge is 0.236 e. The van der Waals surface area contributed by atoms with Crippen LogP contribution in [0.2, 0.25) is 0 Å². The SMILES string of the molecule is CC(O)C1CCN(C(=O)CNC2CCCC2)C1. The molecule has 2 unspecified atom stereocenters. The van der Waals surface area contributed by atoms with Crippen molar-refractivity contribution in [2.24, 2.45) is 5.92 Å². The summed E-state index contributed by atoms with van der Waals surface area (Å²) in [5.74, 6) is 0.463. The van der Waals surface area contributed by atoms with Crippen LogP contribution in [0.3, 0.4) is 0 Å². The van der Waals surface area contributed by atoms with Crippen molar-refractivity contribution in [1.29, 1.82) is 0 Å². The van der Waals surface area contributed by atoms with Gasteiger partial charge in [0.1, 0.15) is 0 Å². The van der Waals surface area contributed by atoms with Crippen LogP contribution >= 0.6 is 0 Å². The van der Waals surface area contributed by atoms with Crippen LogP contribution in [0.25, 0.3) is 0 Å². The monoisotopic (exact) mass is 240 g/mol. The van der Waals surface area contributed by atoms with Gasteiger partial charge in [0.25, 0.3) is 0 Å². The maximum Gasteiger partial charge on any atom is 0.236 e. The molecule has 1 aliphatic heterocycles. The Labute approximate surface area is 103 Å². The molecule has 1 saturated carbocycles. The van der Waals surface area contributed by atoms with Crippen molar-refractivity contribution < 1.29 is 9.90 Å². The Bertz CT molecular complexity index is 262. The van der Waals surface area contributed by atoms with Crippen molar-refractivity contribution >= 4 is 5.91 Å². The van der Waals surface area contributed by atoms with E-state index in [1.165, 1.54) is 25.7 Å². The highest BCUT2D eigenvalue weighted by Gasteiger charge is 2.29. The molecule has 2 atom stereocenters. The zero-order chi connectivity index (χ0) is 12.3. The zero-order valence-electron chi connectivity index (χ0n) is 10.7. The first-order valence-corrected chi connectivity index (χ1v) is 6.86. The third-order valence-corrected chi connectivity index (χ3v) is 4.16. The molecule has 0 radical (unpaired) electrons. The van der Waals surface area contributed by atoms with Crippen molar-refractivity contribution in [2.45, 2.75) is 51.2 Å². The van der Waals surface area contributed by atoms with Crippen LogP contribution in [0.5, 0.6) is 0 Å². The summed E-state index contributed by atoms with van der Waals surface area (Å²) in [5, 5.41) is 12.8. The number of nitrogens with zero attached hydrogens (tertiary/aromatic N) is 1. The van der Waals surface area contributed by atoms with Gasteiger partial charge in [-0.25, -0.2) is 0 Å². The third kappa shape index (κ3) is 3.42. The lowest BCUT2D eigenvalue weighted by molar-refractivity contribution is -0.129. The molecule has 17 heavy (non-hydrogen) atoms. The second-order valence-corrected chi connectivity index (χ2v) is 5.49. The fourth-order valence-corrected chi connectivity index (χ4v) is 2.88. The first-order valence-electron chi connectivity index (χ1n) is 6.86. The predicted octanol–water partition coefficient (Wildman–Crippen LogP) is 0.748. The van der Waals surface area contributed by atoms with Crippen LogP contribution in [0.15, 0.2) is 0 Å². The molecule has 0 spiro atoms. The average molecular weight is 240 g/mol. The fraction of sp³-hybridized carbons (Fsp3) is 0.923. The van der Waals surface area contributed by atoms with Crippen molar-refractivity contribution in [3.63, 3.8) is 0 Å². The number of rotatable bonds is 4. The number of hydrogen-bond donors (Lipinski definition) is 2. The van der Waals surface area contributed by atoms with E-state index in [9.17, 15) is 9.90 Å². The Kier molecular flexibility index (Phi) is 4.40. The van der Waals surface area contributed by atoms with Gasteiger partial charge in [0, 0.05) is 25.0 Å². The summed E-state index contributed by atoms with van der Waals surface area (Å²) in [6.45, 7) is 3.82. The highest BCUT2D eigenvalue weighted by atomic mass is 16.3. The largest absolute Gasteiger partial charge is 0.393 e. The number of hydrogen-bond acceptors (Lipinski definition) is 3. The summed E-state index contributed by atoms with van der Waals surface area (Å²) in [6, 6.07) is 0.550. The number of carbonyl (C=O) groups excluding carboxylic acids is 1. The highest BCUT2D eigenvalue weighted by Crippen LogP contribution is 2.20. The molecular formula is C13H24N2O2. The summed E-state index contributed by atoms with van der Waals surface area (Å²) >= 11 is 0. The molecule has 1 saturated heterocycles. The number of nitrogens with one attached hydrogen (secondary N) is 1. The van der Waals surface area contributed by atoms with Crippen molar-refractivity contribution in [1.82, 2.24) is 10.2 Å². The topological polar surface area (TPSA) is 52.6 Å². The van der Waals surface area contributed by atoms with Crippen LogP contribution < -0.4 is 5.32 Å². The van der Waals surface area contributed by atoms with Gasteiger partial charge in [0.05, 0.1) is 12.6 Å². The Hall–Kier alpha value is -0.610. The Morgan fingerprint density at radius 1 is 1.41 bits per heavy atom. The van der Waals surface area contributed by atoms with Crippen LogP contribution in [-0.2, 0) is 4.79 Å². The Morgan fingerprint density at radius 3 is 2.71 bits per heavy atom. The summed E-state index contributed by atoms with van der Waals surface area (Å²) in [5.41, 5.74) is 0. The van der Waals surface area contributed by atoms with Gasteiger partial charge in [-0.3, -0.25) is 4.79 Å². The second-order valence-electron chi connectivity index (χ2n) is 5.49. The van der Waals surface area contributed by atoms with Gasteiger partial charge in [-0.15, -0.1) is 0 Å². The minimum atomic E-state index is -0.296. The molecule has 0 aromatic carbocycles. The number of amides is 1. The number of carbonyl (C=O) groups is 1. The third-order valence-electron chi connectivity index (χ3n) is 4.16. The van der Waals surface area contributed by atoms with Gasteiger partial charge in [0.2, 0.25) is 5.91 Å². The number of aliphatic hydroxyl groups excluding tert-OH is 1. The van der Waals surface area contributed by atoms with Gasteiger partial charge in [0.15, 0.2) is 0 Å². The van der Waals surface area contributed by atoms with Gasteiger partial charge in [-0.1, -0.05) is 12.8 Å². The normalized spacial score (nSPS) is 27.6. The van der Waals surface area contributed by atoms with E-state index < -0.39 is 0 Å². The van der Waals surface area contributed by atoms with Crippen LogP contribution in [0, 0.1) is 5.92 Å². The molecule has 1 heterocycles. The van der Waals surface area contributed by atoms with E-state index >= 15 is 0 Å². The molecule has 4 nitrogen and oxygen atoms in total. The van der Waals surface area contributed by atoms with Crippen LogP contribution in [0.4, 0.5) is 0 Å². The van der Waals surface area contributed by atoms with Crippen molar-refractivity contribution in [3.8, 4) is 0 Å². The van der Waals surface area contributed by atoms with Gasteiger partial charge < -0.3 is 15.3 Å². The molecule has 2 rings (SSSR count). The summed E-state index contributed by atoms with van der Waals surface area (Å²) in [7, 11) is 0. The minimum absolute atomic E-state index is 0.194. The molecular weight excluding hydrogens is 216 g/mol. The summed E-state index contributed by atoms with van der Waals surface area (Å²) < 4.78 is 0. The molecule has 0 aromatic rings. The lowest BCUT2D eigenvalue weighted by Crippen LogP contribution is -2.40. The maximum atomic E-state index is 12.0. The Balaban J connectivity index is 1.69. The predicted molar refractivity (Wildman–Crippen MR) is 66.6 cm³/mol. The minimum Gasteiger partial charge on any atom is -0.393 e. The van der Waals surface area contributed by atoms with Gasteiger partial charge in [-0.05, 0) is 26.2 Å². The van der Waals surface area contributed by atoms with Crippen LogP contribution in [0.1, 0.15) is 39.0 Å². The van der Waals surface area contributed by atoms with E-state index in [1.54, 1.807) is 0 Å². The van der Waals surface area contributed by atoms with E-state index in [1.807, 2.05) is 11.8 Å². The fourth-order valence-electron chi connectivity index (χ4n) is 2.88. The first kappa shape index (κ1) is 12.8. The van der Waals surface area contributed by atoms with Crippen molar-refractivity contribution in [3.05, 3.63) is 0 Å². The molecule has 2 aliphatic rings. The molecule has 2 N–H and O–H groups in total. The quantitative estimate of drug-likeness (QED) is 0.762. The van der Waals surface area contributed by atoms with E-state index in [4.69, 9.17) is 0 Å². The van der Waals surface area contributed by atoms with Gasteiger partial charge in [-0.2, -0.15) is 0 Å². The highest BCUT2D eigenvalue weighted by molar-refractivity contribution is 5.78. The summed E-state index contributed by atoms with van der Waals surface area (Å²) in [4.78, 5) is 13.8. The number of likely N-dealkylation sites (tertiary alicyclic amines) is 1. The molecule has 1 aliphatic carbocycles. The Morgan fingerprint density at radius 2 is 2.12 bits per heavy atom. The molecule has 98 valence electrons. The van der Waals surface area contributed by atoms with E-state index in [0.717, 1.165) is 19.5 Å². The standard InChI is InChI=1S/C13H24N2O2/c1-10(16)11-6-7-15(9-11)13(17)8-14-12-4-2-3-5-12/h10-12,14,16H,2-9H2,1H3. The van der Waals surface area contributed by atoms with E-state index in [-0.39, 0.29) is 17.9 Å². The zero-order valence-corrected chi connectivity index (χ0v) is 10.7. The average Bonchev–Trinajstić information content (AvgIpc) is 2.96. The van der Waals surface area contributed by atoms with E-state index in [0.29, 0.717) is 12.6 Å². The van der Waals surface area contributed by atoms with Gasteiger partial charge >= 0.3 is 0 Å². The second kappa shape index (κ2) is 5.83. The first-order chi connectivity index (χ1) is 8.16. The molecule has 0 bridgehead atoms. The lowest BCUT2D eigenvalue weighted by Gasteiger charge is -2.19. The molecule has 4 heteroatoms.